The van der Waals surface area contributed by atoms with E-state index in [0.717, 1.165) is 50.2 Å². The molecular formula is C50H29N3. The van der Waals surface area contributed by atoms with Gasteiger partial charge in [-0.25, -0.2) is 4.98 Å². The van der Waals surface area contributed by atoms with Gasteiger partial charge >= 0.3 is 0 Å². The zero-order valence-corrected chi connectivity index (χ0v) is 28.6. The molecule has 0 saturated heterocycles. The van der Waals surface area contributed by atoms with Gasteiger partial charge in [-0.2, -0.15) is 5.26 Å². The largest absolute Gasteiger partial charge is 0.309 e. The Morgan fingerprint density at radius 1 is 0.415 bits per heavy atom. The molecule has 0 bridgehead atoms. The highest BCUT2D eigenvalue weighted by molar-refractivity contribution is 6.27. The van der Waals surface area contributed by atoms with Gasteiger partial charge in [0.05, 0.1) is 34.1 Å². The van der Waals surface area contributed by atoms with Gasteiger partial charge < -0.3 is 4.57 Å². The maximum atomic E-state index is 9.98. The Bertz CT molecular complexity index is 3280. The lowest BCUT2D eigenvalue weighted by Crippen LogP contribution is -1.94. The molecular weight excluding hydrogens is 643 g/mol. The van der Waals surface area contributed by atoms with E-state index in [2.05, 4.69) is 162 Å². The van der Waals surface area contributed by atoms with Crippen LogP contribution in [0.2, 0.25) is 0 Å². The summed E-state index contributed by atoms with van der Waals surface area (Å²) in [5, 5.41) is 21.9. The van der Waals surface area contributed by atoms with Crippen molar-refractivity contribution >= 4 is 64.9 Å². The van der Waals surface area contributed by atoms with Crippen molar-refractivity contribution in [1.82, 2.24) is 9.55 Å². The van der Waals surface area contributed by atoms with Crippen LogP contribution in [0.15, 0.2) is 176 Å². The Labute approximate surface area is 305 Å². The summed E-state index contributed by atoms with van der Waals surface area (Å²) in [6.07, 6.45) is 0. The molecule has 11 rings (SSSR count). The summed E-state index contributed by atoms with van der Waals surface area (Å²) in [7, 11) is 0. The number of aromatic nitrogens is 2. The second kappa shape index (κ2) is 11.4. The van der Waals surface area contributed by atoms with Gasteiger partial charge in [-0.1, -0.05) is 115 Å². The number of nitrogens with zero attached hydrogens (tertiary/aromatic N) is 3. The second-order valence-corrected chi connectivity index (χ2v) is 13.8. The summed E-state index contributed by atoms with van der Waals surface area (Å²) in [5.41, 5.74) is 10.4. The molecule has 9 aromatic carbocycles. The van der Waals surface area contributed by atoms with E-state index in [4.69, 9.17) is 4.98 Å². The van der Waals surface area contributed by atoms with E-state index >= 15 is 0 Å². The van der Waals surface area contributed by atoms with Crippen LogP contribution in [0.25, 0.3) is 104 Å². The molecule has 3 nitrogen and oxygen atoms in total. The van der Waals surface area contributed by atoms with Gasteiger partial charge in [-0.05, 0) is 115 Å². The Kier molecular flexibility index (Phi) is 6.32. The molecule has 2 aromatic heterocycles. The van der Waals surface area contributed by atoms with Gasteiger partial charge in [0.25, 0.3) is 0 Å². The van der Waals surface area contributed by atoms with E-state index < -0.39 is 0 Å². The molecule has 0 N–H and O–H groups in total. The average molecular weight is 672 g/mol. The average Bonchev–Trinajstić information content (AvgIpc) is 3.57. The fourth-order valence-corrected chi connectivity index (χ4v) is 8.60. The number of hydrogen-bond acceptors (Lipinski definition) is 2. The van der Waals surface area contributed by atoms with Gasteiger partial charge in [0, 0.05) is 27.6 Å². The minimum absolute atomic E-state index is 0.662. The number of para-hydroxylation sites is 1. The number of hydrogen-bond donors (Lipinski definition) is 0. The lowest BCUT2D eigenvalue weighted by atomic mass is 9.88. The fraction of sp³-hybridized carbons (Fsp3) is 0. The van der Waals surface area contributed by atoms with Crippen LogP contribution in [0.1, 0.15) is 5.56 Å². The number of fused-ring (bicyclic) bond motifs is 5. The third-order valence-electron chi connectivity index (χ3n) is 10.9. The van der Waals surface area contributed by atoms with Gasteiger partial charge in [-0.15, -0.1) is 0 Å². The first-order valence-corrected chi connectivity index (χ1v) is 17.9. The number of pyridine rings is 1. The maximum absolute atomic E-state index is 9.98. The first kappa shape index (κ1) is 29.5. The molecule has 0 aliphatic rings. The van der Waals surface area contributed by atoms with E-state index in [1.807, 2.05) is 24.3 Å². The van der Waals surface area contributed by atoms with Crippen LogP contribution in [0.5, 0.6) is 0 Å². The maximum Gasteiger partial charge on any atom is 0.0992 e. The predicted molar refractivity (Wildman–Crippen MR) is 221 cm³/mol. The molecule has 0 atom stereocenters. The van der Waals surface area contributed by atoms with Gasteiger partial charge in [0.15, 0.2) is 0 Å². The predicted octanol–water partition coefficient (Wildman–Crippen LogP) is 13.1. The van der Waals surface area contributed by atoms with Gasteiger partial charge in [-0.3, -0.25) is 0 Å². The lowest BCUT2D eigenvalue weighted by Gasteiger charge is -2.17. The highest BCUT2D eigenvalue weighted by Gasteiger charge is 2.21. The first-order chi connectivity index (χ1) is 26.2. The second-order valence-electron chi connectivity index (χ2n) is 13.8. The van der Waals surface area contributed by atoms with Crippen LogP contribution in [0.3, 0.4) is 0 Å². The fourth-order valence-electron chi connectivity index (χ4n) is 8.60. The monoisotopic (exact) mass is 671 g/mol. The number of rotatable bonds is 4. The molecule has 0 fully saturated rings. The van der Waals surface area contributed by atoms with Crippen molar-refractivity contribution in [2.24, 2.45) is 0 Å². The quantitative estimate of drug-likeness (QED) is 0.175. The summed E-state index contributed by atoms with van der Waals surface area (Å²) in [4.78, 5) is 5.20. The Morgan fingerprint density at radius 2 is 0.981 bits per heavy atom. The van der Waals surface area contributed by atoms with E-state index in [1.54, 1.807) is 0 Å². The molecule has 0 amide bonds. The van der Waals surface area contributed by atoms with Crippen LogP contribution in [-0.2, 0) is 0 Å². The minimum atomic E-state index is 0.662. The number of benzene rings is 9. The highest BCUT2D eigenvalue weighted by Crippen LogP contribution is 2.45. The highest BCUT2D eigenvalue weighted by atomic mass is 15.0. The van der Waals surface area contributed by atoms with Crippen LogP contribution in [-0.4, -0.2) is 9.55 Å². The van der Waals surface area contributed by atoms with Gasteiger partial charge in [0.2, 0.25) is 0 Å². The van der Waals surface area contributed by atoms with Crippen molar-refractivity contribution < 1.29 is 0 Å². The van der Waals surface area contributed by atoms with E-state index in [0.29, 0.717) is 5.56 Å². The van der Waals surface area contributed by atoms with Crippen molar-refractivity contribution in [1.29, 1.82) is 5.26 Å². The van der Waals surface area contributed by atoms with Crippen molar-refractivity contribution in [3.8, 4) is 45.4 Å². The molecule has 0 spiro atoms. The molecule has 53 heavy (non-hydrogen) atoms. The van der Waals surface area contributed by atoms with Crippen LogP contribution < -0.4 is 0 Å². The third kappa shape index (κ3) is 4.43. The molecule has 0 unspecified atom stereocenters. The molecule has 0 radical (unpaired) electrons. The van der Waals surface area contributed by atoms with Crippen LogP contribution in [0, 0.1) is 11.3 Å². The Morgan fingerprint density at radius 3 is 1.68 bits per heavy atom. The molecule has 0 aliphatic heterocycles. The molecule has 3 heteroatoms. The third-order valence-corrected chi connectivity index (χ3v) is 10.9. The van der Waals surface area contributed by atoms with E-state index in [9.17, 15) is 5.26 Å². The van der Waals surface area contributed by atoms with Crippen molar-refractivity contribution in [3.05, 3.63) is 181 Å². The zero-order valence-electron chi connectivity index (χ0n) is 28.6. The SMILES string of the molecule is N#Cc1cc2ccc3cc(-c4cc5c6ccccc6c(-c6cccc(-c7ccccc7)n6)cc5c5ccccc45)cc4c3c2c(c1)n4-c1ccccc1. The zero-order chi connectivity index (χ0) is 35.0. The van der Waals surface area contributed by atoms with Crippen molar-refractivity contribution in [2.45, 2.75) is 0 Å². The van der Waals surface area contributed by atoms with Gasteiger partial charge in [0.1, 0.15) is 0 Å². The standard InChI is InChI=1S/C50H29N3/c51-30-31-24-33-22-23-34-26-35(27-48-50(34)49(33)47(25-31)53(48)36-14-5-2-6-15-36)41-28-42-39-18-9-10-19-40(39)44(29-43(42)38-17-8-7-16-37(38)41)46-21-11-20-45(52-46)32-12-3-1-4-13-32/h1-29H. The Balaban J connectivity index is 1.21. The summed E-state index contributed by atoms with van der Waals surface area (Å²) in [6, 6.07) is 65.0. The molecule has 0 aliphatic carbocycles. The topological polar surface area (TPSA) is 41.6 Å². The van der Waals surface area contributed by atoms with Crippen molar-refractivity contribution in [3.63, 3.8) is 0 Å². The summed E-state index contributed by atoms with van der Waals surface area (Å²) in [5.74, 6) is 0. The molecule has 0 saturated carbocycles. The molecule has 244 valence electrons. The minimum Gasteiger partial charge on any atom is -0.309 e. The van der Waals surface area contributed by atoms with Crippen LogP contribution in [0.4, 0.5) is 0 Å². The lowest BCUT2D eigenvalue weighted by molar-refractivity contribution is 1.18. The summed E-state index contributed by atoms with van der Waals surface area (Å²) >= 11 is 0. The van der Waals surface area contributed by atoms with Crippen molar-refractivity contribution in [2.75, 3.05) is 0 Å². The smallest absolute Gasteiger partial charge is 0.0992 e. The Hall–Kier alpha value is -7.28. The summed E-state index contributed by atoms with van der Waals surface area (Å²) in [6.45, 7) is 0. The first-order valence-electron chi connectivity index (χ1n) is 17.9. The molecule has 2 heterocycles. The normalized spacial score (nSPS) is 11.8. The summed E-state index contributed by atoms with van der Waals surface area (Å²) < 4.78 is 2.33. The van der Waals surface area contributed by atoms with E-state index in [-0.39, 0.29) is 0 Å². The molecule has 11 aromatic rings. The van der Waals surface area contributed by atoms with E-state index in [1.165, 1.54) is 54.0 Å². The number of nitriles is 1. The van der Waals surface area contributed by atoms with Crippen LogP contribution >= 0.6 is 0 Å².